The average molecular weight is 198 g/mol. The van der Waals surface area contributed by atoms with Gasteiger partial charge in [-0.2, -0.15) is 0 Å². The summed E-state index contributed by atoms with van der Waals surface area (Å²) in [4.78, 5) is 15.8. The molecule has 0 saturated carbocycles. The Morgan fingerprint density at radius 1 is 1.21 bits per heavy atom. The van der Waals surface area contributed by atoms with Crippen molar-refractivity contribution in [2.24, 2.45) is 0 Å². The minimum atomic E-state index is 0.301. The van der Waals surface area contributed by atoms with Gasteiger partial charge in [-0.25, -0.2) is 0 Å². The first-order valence-corrected chi connectivity index (χ1v) is 5.78. The maximum Gasteiger partial charge on any atom is 0.236 e. The number of unbranched alkanes of at least 4 members (excludes halogenated alkanes) is 2. The van der Waals surface area contributed by atoms with Gasteiger partial charge in [0.2, 0.25) is 5.91 Å². The second-order valence-corrected chi connectivity index (χ2v) is 3.96. The number of hydrogen-bond donors (Lipinski definition) is 0. The van der Waals surface area contributed by atoms with E-state index in [0.717, 1.165) is 26.2 Å². The van der Waals surface area contributed by atoms with Crippen LogP contribution in [0.3, 0.4) is 0 Å². The van der Waals surface area contributed by atoms with Crippen molar-refractivity contribution in [3.05, 3.63) is 0 Å². The van der Waals surface area contributed by atoms with Crippen LogP contribution in [0.2, 0.25) is 0 Å². The van der Waals surface area contributed by atoms with Crippen molar-refractivity contribution in [3.8, 4) is 0 Å². The molecule has 1 saturated heterocycles. The van der Waals surface area contributed by atoms with Gasteiger partial charge < -0.3 is 4.90 Å². The van der Waals surface area contributed by atoms with Gasteiger partial charge in [-0.15, -0.1) is 0 Å². The molecule has 14 heavy (non-hydrogen) atoms. The first-order valence-electron chi connectivity index (χ1n) is 5.78. The van der Waals surface area contributed by atoms with Crippen molar-refractivity contribution >= 4 is 5.91 Å². The Kier molecular flexibility index (Phi) is 4.94. The summed E-state index contributed by atoms with van der Waals surface area (Å²) in [5.41, 5.74) is 0. The lowest BCUT2D eigenvalue weighted by atomic mass is 10.2. The zero-order valence-electron chi connectivity index (χ0n) is 9.46. The molecule has 0 aromatic heterocycles. The fraction of sp³-hybridized carbons (Fsp3) is 0.909. The Balaban J connectivity index is 2.21. The van der Waals surface area contributed by atoms with E-state index < -0.39 is 0 Å². The number of amides is 1. The van der Waals surface area contributed by atoms with Crippen molar-refractivity contribution < 1.29 is 4.79 Å². The lowest BCUT2D eigenvalue weighted by Gasteiger charge is -2.33. The number of likely N-dealkylation sites (N-methyl/N-ethyl adjacent to an activating group) is 1. The first kappa shape index (κ1) is 11.5. The summed E-state index contributed by atoms with van der Waals surface area (Å²) in [5.74, 6) is 0.301. The third-order valence-corrected chi connectivity index (χ3v) is 2.86. The number of carbonyl (C=O) groups excluding carboxylic acids is 1. The van der Waals surface area contributed by atoms with Crippen LogP contribution >= 0.6 is 0 Å². The Bertz CT molecular complexity index is 180. The Hall–Kier alpha value is -0.570. The number of carbonyl (C=O) groups is 1. The molecule has 1 aliphatic heterocycles. The summed E-state index contributed by atoms with van der Waals surface area (Å²) < 4.78 is 0. The molecule has 0 bridgehead atoms. The fourth-order valence-electron chi connectivity index (χ4n) is 1.87. The van der Waals surface area contributed by atoms with Gasteiger partial charge in [0, 0.05) is 19.6 Å². The lowest BCUT2D eigenvalue weighted by molar-refractivity contribution is -0.135. The number of nitrogens with zero attached hydrogens (tertiary/aromatic N) is 2. The summed E-state index contributed by atoms with van der Waals surface area (Å²) in [6.45, 7) is 8.83. The van der Waals surface area contributed by atoms with E-state index in [1.165, 1.54) is 19.3 Å². The van der Waals surface area contributed by atoms with Crippen LogP contribution in [0.15, 0.2) is 0 Å². The number of piperazine rings is 1. The summed E-state index contributed by atoms with van der Waals surface area (Å²) in [7, 11) is 0. The van der Waals surface area contributed by atoms with Gasteiger partial charge in [0.25, 0.3) is 0 Å². The summed E-state index contributed by atoms with van der Waals surface area (Å²) in [5, 5.41) is 0. The normalized spacial score (nSPS) is 19.0. The zero-order valence-corrected chi connectivity index (χ0v) is 9.46. The molecule has 0 radical (unpaired) electrons. The van der Waals surface area contributed by atoms with Gasteiger partial charge in [-0.3, -0.25) is 9.69 Å². The fourth-order valence-corrected chi connectivity index (χ4v) is 1.87. The van der Waals surface area contributed by atoms with Gasteiger partial charge >= 0.3 is 0 Å². The lowest BCUT2D eigenvalue weighted by Crippen LogP contribution is -2.50. The quantitative estimate of drug-likeness (QED) is 0.622. The Morgan fingerprint density at radius 3 is 2.57 bits per heavy atom. The van der Waals surface area contributed by atoms with Gasteiger partial charge in [0.05, 0.1) is 6.54 Å². The highest BCUT2D eigenvalue weighted by Gasteiger charge is 2.21. The van der Waals surface area contributed by atoms with Crippen LogP contribution < -0.4 is 0 Å². The third kappa shape index (κ3) is 3.29. The third-order valence-electron chi connectivity index (χ3n) is 2.86. The molecule has 0 N–H and O–H groups in total. The maximum absolute atomic E-state index is 11.6. The van der Waals surface area contributed by atoms with Gasteiger partial charge in [0.1, 0.15) is 0 Å². The van der Waals surface area contributed by atoms with E-state index in [9.17, 15) is 4.79 Å². The number of hydrogen-bond acceptors (Lipinski definition) is 2. The molecule has 1 heterocycles. The molecule has 0 aliphatic carbocycles. The molecule has 1 amide bonds. The van der Waals surface area contributed by atoms with Crippen LogP contribution in [-0.2, 0) is 4.79 Å². The predicted molar refractivity (Wildman–Crippen MR) is 58.2 cm³/mol. The molecule has 0 atom stereocenters. The molecule has 0 aromatic carbocycles. The van der Waals surface area contributed by atoms with Crippen molar-refractivity contribution in [3.63, 3.8) is 0 Å². The molecule has 0 spiro atoms. The van der Waals surface area contributed by atoms with E-state index in [2.05, 4.69) is 11.8 Å². The Labute approximate surface area is 87.1 Å². The second kappa shape index (κ2) is 6.02. The molecule has 1 fully saturated rings. The minimum absolute atomic E-state index is 0.301. The molecular weight excluding hydrogens is 176 g/mol. The molecule has 0 unspecified atom stereocenters. The molecule has 0 aromatic rings. The molecule has 82 valence electrons. The highest BCUT2D eigenvalue weighted by atomic mass is 16.2. The van der Waals surface area contributed by atoms with Crippen LogP contribution in [-0.4, -0.2) is 48.4 Å². The van der Waals surface area contributed by atoms with E-state index in [1.54, 1.807) is 0 Å². The molecule has 3 nitrogen and oxygen atoms in total. The van der Waals surface area contributed by atoms with Crippen molar-refractivity contribution in [1.29, 1.82) is 0 Å². The van der Waals surface area contributed by atoms with Gasteiger partial charge in [-0.05, 0) is 19.9 Å². The summed E-state index contributed by atoms with van der Waals surface area (Å²) in [6, 6.07) is 0. The van der Waals surface area contributed by atoms with E-state index in [-0.39, 0.29) is 0 Å². The molecular formula is C11H22N2O. The van der Waals surface area contributed by atoms with Crippen LogP contribution in [0, 0.1) is 0 Å². The van der Waals surface area contributed by atoms with Gasteiger partial charge in [-0.1, -0.05) is 19.8 Å². The van der Waals surface area contributed by atoms with Crippen LogP contribution in [0.1, 0.15) is 33.1 Å². The number of rotatable bonds is 5. The predicted octanol–water partition coefficient (Wildman–Crippen LogP) is 1.34. The standard InChI is InChI=1S/C11H22N2O/c1-3-5-6-7-12-8-9-13(4-2)11(14)10-12/h3-10H2,1-2H3. The van der Waals surface area contributed by atoms with Crippen LogP contribution in [0.4, 0.5) is 0 Å². The molecule has 1 aliphatic rings. The van der Waals surface area contributed by atoms with E-state index in [0.29, 0.717) is 12.5 Å². The topological polar surface area (TPSA) is 23.6 Å². The van der Waals surface area contributed by atoms with Crippen LogP contribution in [0.25, 0.3) is 0 Å². The monoisotopic (exact) mass is 198 g/mol. The van der Waals surface area contributed by atoms with Gasteiger partial charge in [0.15, 0.2) is 0 Å². The average Bonchev–Trinajstić information content (AvgIpc) is 2.18. The van der Waals surface area contributed by atoms with E-state index in [1.807, 2.05) is 11.8 Å². The SMILES string of the molecule is CCCCCN1CCN(CC)C(=O)C1. The maximum atomic E-state index is 11.6. The largest absolute Gasteiger partial charge is 0.341 e. The Morgan fingerprint density at radius 2 is 2.00 bits per heavy atom. The molecule has 3 heteroatoms. The smallest absolute Gasteiger partial charge is 0.236 e. The van der Waals surface area contributed by atoms with Crippen LogP contribution in [0.5, 0.6) is 0 Å². The van der Waals surface area contributed by atoms with E-state index >= 15 is 0 Å². The summed E-state index contributed by atoms with van der Waals surface area (Å²) in [6.07, 6.45) is 3.76. The van der Waals surface area contributed by atoms with E-state index in [4.69, 9.17) is 0 Å². The highest BCUT2D eigenvalue weighted by Crippen LogP contribution is 2.05. The zero-order chi connectivity index (χ0) is 10.4. The van der Waals surface area contributed by atoms with Crippen molar-refractivity contribution in [2.75, 3.05) is 32.7 Å². The highest BCUT2D eigenvalue weighted by molar-refractivity contribution is 5.78. The minimum Gasteiger partial charge on any atom is -0.341 e. The first-order chi connectivity index (χ1) is 6.77. The van der Waals surface area contributed by atoms with Crippen molar-refractivity contribution in [2.45, 2.75) is 33.1 Å². The van der Waals surface area contributed by atoms with Crippen molar-refractivity contribution in [1.82, 2.24) is 9.80 Å². The second-order valence-electron chi connectivity index (χ2n) is 3.96. The molecule has 1 rings (SSSR count). The summed E-state index contributed by atoms with van der Waals surface area (Å²) >= 11 is 0.